The SMILES string of the molecule is Cc1cc(C)n(CCCC(=O)N2CCC(c3cc(C(F)(F)F)n4nc(C)cc4n3)CC2)n1. The molecule has 7 nitrogen and oxygen atoms in total. The number of rotatable bonds is 5. The number of nitrogens with zero attached hydrogens (tertiary/aromatic N) is 6. The maximum absolute atomic E-state index is 13.6. The second-order valence-electron chi connectivity index (χ2n) is 8.53. The highest BCUT2D eigenvalue weighted by molar-refractivity contribution is 5.76. The number of piperidine rings is 1. The third-order valence-corrected chi connectivity index (χ3v) is 5.99. The molecule has 3 aromatic heterocycles. The van der Waals surface area contributed by atoms with Crippen LogP contribution < -0.4 is 0 Å². The van der Waals surface area contributed by atoms with Crippen LogP contribution >= 0.6 is 0 Å². The van der Waals surface area contributed by atoms with E-state index in [2.05, 4.69) is 15.2 Å². The molecule has 1 saturated heterocycles. The molecule has 172 valence electrons. The zero-order valence-corrected chi connectivity index (χ0v) is 18.5. The van der Waals surface area contributed by atoms with Crippen LogP contribution in [-0.4, -0.2) is 48.3 Å². The van der Waals surface area contributed by atoms with Crippen molar-refractivity contribution in [2.45, 2.75) is 65.1 Å². The second-order valence-corrected chi connectivity index (χ2v) is 8.53. The average Bonchev–Trinajstić information content (AvgIpc) is 3.26. The lowest BCUT2D eigenvalue weighted by Crippen LogP contribution is -2.38. The molecule has 0 aromatic carbocycles. The smallest absolute Gasteiger partial charge is 0.343 e. The van der Waals surface area contributed by atoms with Gasteiger partial charge in [0.1, 0.15) is 5.69 Å². The highest BCUT2D eigenvalue weighted by Gasteiger charge is 2.36. The third kappa shape index (κ3) is 4.63. The molecule has 0 radical (unpaired) electrons. The average molecular weight is 448 g/mol. The standard InChI is InChI=1S/C22H27F3N6O/c1-14-11-16(3)30(27-14)8-4-5-21(32)29-9-6-17(7-10-29)18-13-19(22(23,24)25)31-20(26-18)12-15(2)28-31/h11-13,17H,4-10H2,1-3H3. The van der Waals surface area contributed by atoms with Crippen LogP contribution in [0.15, 0.2) is 18.2 Å². The molecule has 4 heterocycles. The first-order valence-corrected chi connectivity index (χ1v) is 10.8. The van der Waals surface area contributed by atoms with Crippen LogP contribution in [0.3, 0.4) is 0 Å². The summed E-state index contributed by atoms with van der Waals surface area (Å²) in [6.07, 6.45) is -2.20. The number of halogens is 3. The minimum absolute atomic E-state index is 0.0794. The number of carbonyl (C=O) groups is 1. The van der Waals surface area contributed by atoms with Gasteiger partial charge in [0.2, 0.25) is 5.91 Å². The Morgan fingerprint density at radius 2 is 1.75 bits per heavy atom. The Morgan fingerprint density at radius 1 is 1.06 bits per heavy atom. The molecule has 1 fully saturated rings. The Labute approximate surface area is 184 Å². The molecule has 3 aromatic rings. The molecule has 0 spiro atoms. The summed E-state index contributed by atoms with van der Waals surface area (Å²) in [5, 5.41) is 8.34. The molecule has 0 aliphatic carbocycles. The van der Waals surface area contributed by atoms with E-state index in [1.54, 1.807) is 13.0 Å². The second kappa shape index (κ2) is 8.55. The van der Waals surface area contributed by atoms with Crippen molar-refractivity contribution in [3.8, 4) is 0 Å². The van der Waals surface area contributed by atoms with E-state index in [4.69, 9.17) is 0 Å². The quantitative estimate of drug-likeness (QED) is 0.591. The van der Waals surface area contributed by atoms with Crippen LogP contribution in [0.2, 0.25) is 0 Å². The first-order chi connectivity index (χ1) is 15.1. The van der Waals surface area contributed by atoms with Crippen LogP contribution in [0.5, 0.6) is 0 Å². The fourth-order valence-electron chi connectivity index (χ4n) is 4.38. The Kier molecular flexibility index (Phi) is 5.96. The molecule has 4 rings (SSSR count). The minimum atomic E-state index is -4.52. The van der Waals surface area contributed by atoms with Crippen molar-refractivity contribution in [3.63, 3.8) is 0 Å². The third-order valence-electron chi connectivity index (χ3n) is 5.99. The minimum Gasteiger partial charge on any atom is -0.343 e. The van der Waals surface area contributed by atoms with Crippen LogP contribution in [0, 0.1) is 20.8 Å². The van der Waals surface area contributed by atoms with Gasteiger partial charge in [-0.05, 0) is 52.2 Å². The maximum Gasteiger partial charge on any atom is 0.433 e. The summed E-state index contributed by atoms with van der Waals surface area (Å²) in [7, 11) is 0. The van der Waals surface area contributed by atoms with Gasteiger partial charge in [-0.1, -0.05) is 0 Å². The van der Waals surface area contributed by atoms with Crippen molar-refractivity contribution in [2.75, 3.05) is 13.1 Å². The lowest BCUT2D eigenvalue weighted by Gasteiger charge is -2.32. The van der Waals surface area contributed by atoms with Gasteiger partial charge >= 0.3 is 6.18 Å². The van der Waals surface area contributed by atoms with Crippen molar-refractivity contribution in [1.82, 2.24) is 29.3 Å². The number of aromatic nitrogens is 5. The highest BCUT2D eigenvalue weighted by Crippen LogP contribution is 2.34. The monoisotopic (exact) mass is 448 g/mol. The van der Waals surface area contributed by atoms with E-state index >= 15 is 0 Å². The van der Waals surface area contributed by atoms with Gasteiger partial charge in [0, 0.05) is 49.4 Å². The van der Waals surface area contributed by atoms with Gasteiger partial charge in [0.25, 0.3) is 0 Å². The van der Waals surface area contributed by atoms with Gasteiger partial charge < -0.3 is 4.90 Å². The number of hydrogen-bond acceptors (Lipinski definition) is 4. The summed E-state index contributed by atoms with van der Waals surface area (Å²) in [4.78, 5) is 18.9. The van der Waals surface area contributed by atoms with Gasteiger partial charge in [-0.2, -0.15) is 23.4 Å². The van der Waals surface area contributed by atoms with E-state index in [-0.39, 0.29) is 17.5 Å². The molecule has 32 heavy (non-hydrogen) atoms. The van der Waals surface area contributed by atoms with Crippen LogP contribution in [0.4, 0.5) is 13.2 Å². The van der Waals surface area contributed by atoms with Crippen molar-refractivity contribution >= 4 is 11.6 Å². The van der Waals surface area contributed by atoms with Crippen molar-refractivity contribution in [1.29, 1.82) is 0 Å². The van der Waals surface area contributed by atoms with E-state index in [9.17, 15) is 18.0 Å². The number of carbonyl (C=O) groups excluding carboxylic acids is 1. The Balaban J connectivity index is 1.37. The van der Waals surface area contributed by atoms with Gasteiger partial charge in [0.05, 0.1) is 11.4 Å². The summed E-state index contributed by atoms with van der Waals surface area (Å²) in [5.41, 5.74) is 2.33. The van der Waals surface area contributed by atoms with E-state index in [0.717, 1.165) is 22.0 Å². The zero-order valence-electron chi connectivity index (χ0n) is 18.5. The van der Waals surface area contributed by atoms with Crippen LogP contribution in [-0.2, 0) is 17.5 Å². The maximum atomic E-state index is 13.6. The molecule has 0 bridgehead atoms. The molecule has 1 amide bonds. The lowest BCUT2D eigenvalue weighted by atomic mass is 9.92. The van der Waals surface area contributed by atoms with Gasteiger partial charge in [-0.3, -0.25) is 9.48 Å². The number of likely N-dealkylation sites (tertiary alicyclic amines) is 1. The fraction of sp³-hybridized carbons (Fsp3) is 0.545. The highest BCUT2D eigenvalue weighted by atomic mass is 19.4. The Morgan fingerprint density at radius 3 is 2.38 bits per heavy atom. The predicted molar refractivity (Wildman–Crippen MR) is 112 cm³/mol. The first kappa shape index (κ1) is 22.3. The molecular formula is C22H27F3N6O. The Bertz CT molecular complexity index is 1120. The topological polar surface area (TPSA) is 68.3 Å². The first-order valence-electron chi connectivity index (χ1n) is 10.8. The van der Waals surface area contributed by atoms with E-state index in [0.29, 0.717) is 56.7 Å². The van der Waals surface area contributed by atoms with Crippen LogP contribution in [0.25, 0.3) is 5.65 Å². The Hall–Kier alpha value is -2.91. The van der Waals surface area contributed by atoms with Crippen LogP contribution in [0.1, 0.15) is 60.1 Å². The summed E-state index contributed by atoms with van der Waals surface area (Å²) in [5.74, 6) is -0.0363. The number of hydrogen-bond donors (Lipinski definition) is 0. The molecule has 0 unspecified atom stereocenters. The predicted octanol–water partition coefficient (Wildman–Crippen LogP) is 4.06. The van der Waals surface area contributed by atoms with Crippen molar-refractivity contribution < 1.29 is 18.0 Å². The molecule has 0 saturated carbocycles. The fourth-order valence-corrected chi connectivity index (χ4v) is 4.38. The van der Waals surface area contributed by atoms with Crippen molar-refractivity contribution in [2.24, 2.45) is 0 Å². The summed E-state index contributed by atoms with van der Waals surface area (Å²) in [6.45, 7) is 7.32. The summed E-state index contributed by atoms with van der Waals surface area (Å²) in [6, 6.07) is 4.67. The lowest BCUT2D eigenvalue weighted by molar-refractivity contribution is -0.142. The van der Waals surface area contributed by atoms with E-state index in [1.165, 1.54) is 0 Å². The normalized spacial score (nSPS) is 15.6. The molecule has 10 heteroatoms. The number of aryl methyl sites for hydroxylation is 4. The van der Waals surface area contributed by atoms with Gasteiger partial charge in [-0.15, -0.1) is 0 Å². The molecule has 0 N–H and O–H groups in total. The molecule has 1 aliphatic heterocycles. The van der Waals surface area contributed by atoms with E-state index < -0.39 is 11.9 Å². The number of alkyl halides is 3. The van der Waals surface area contributed by atoms with Gasteiger partial charge in [0.15, 0.2) is 5.65 Å². The van der Waals surface area contributed by atoms with Crippen molar-refractivity contribution in [3.05, 3.63) is 46.7 Å². The number of fused-ring (bicyclic) bond motifs is 1. The molecule has 1 aliphatic rings. The molecular weight excluding hydrogens is 421 g/mol. The summed E-state index contributed by atoms with van der Waals surface area (Å²) < 4.78 is 43.5. The van der Waals surface area contributed by atoms with E-state index in [1.807, 2.05) is 29.5 Å². The summed E-state index contributed by atoms with van der Waals surface area (Å²) >= 11 is 0. The van der Waals surface area contributed by atoms with Gasteiger partial charge in [-0.25, -0.2) is 9.50 Å². The largest absolute Gasteiger partial charge is 0.433 e. The molecule has 0 atom stereocenters. The number of amides is 1. The zero-order chi connectivity index (χ0) is 23.0.